The fraction of sp³-hybridized carbons (Fsp3) is 0.333. The highest BCUT2D eigenvalue weighted by Gasteiger charge is 2.31. The summed E-state index contributed by atoms with van der Waals surface area (Å²) in [6.07, 6.45) is 1.87. The Morgan fingerprint density at radius 1 is 1.26 bits per heavy atom. The molecule has 2 aromatic rings. The number of benzene rings is 2. The smallest absolute Gasteiger partial charge is 0.261 e. The monoisotopic (exact) mass is 366 g/mol. The van der Waals surface area contributed by atoms with Crippen LogP contribution in [0.2, 0.25) is 0 Å². The fourth-order valence-corrected chi connectivity index (χ4v) is 3.85. The quantitative estimate of drug-likeness (QED) is 0.883. The maximum absolute atomic E-state index is 12.8. The number of rotatable bonds is 5. The lowest BCUT2D eigenvalue weighted by atomic mass is 10.0. The number of hydrogen-bond acceptors (Lipinski definition) is 4. The molecule has 2 aliphatic rings. The number of nitrogens with one attached hydrogen (secondary N) is 1. The van der Waals surface area contributed by atoms with Gasteiger partial charge in [0.2, 0.25) is 0 Å². The third-order valence-corrected chi connectivity index (χ3v) is 5.18. The van der Waals surface area contributed by atoms with Crippen molar-refractivity contribution in [1.29, 1.82) is 0 Å². The molecule has 1 saturated heterocycles. The van der Waals surface area contributed by atoms with E-state index in [1.165, 1.54) is 0 Å². The third-order valence-electron chi connectivity index (χ3n) is 5.18. The highest BCUT2D eigenvalue weighted by molar-refractivity contribution is 6.01. The largest absolute Gasteiger partial charge is 0.497 e. The van der Waals surface area contributed by atoms with Crippen LogP contribution >= 0.6 is 0 Å². The van der Waals surface area contributed by atoms with Crippen molar-refractivity contribution in [2.24, 2.45) is 0 Å². The molecular formula is C21H22N2O4. The Bertz CT molecular complexity index is 880. The van der Waals surface area contributed by atoms with E-state index in [9.17, 15) is 9.59 Å². The summed E-state index contributed by atoms with van der Waals surface area (Å²) in [7, 11) is 1.64. The van der Waals surface area contributed by atoms with Crippen LogP contribution in [0.25, 0.3) is 0 Å². The van der Waals surface area contributed by atoms with Gasteiger partial charge >= 0.3 is 0 Å². The lowest BCUT2D eigenvalue weighted by Gasteiger charge is -2.25. The molecule has 2 aliphatic heterocycles. The van der Waals surface area contributed by atoms with Crippen molar-refractivity contribution in [3.8, 4) is 11.5 Å². The average Bonchev–Trinajstić information content (AvgIpc) is 3.34. The van der Waals surface area contributed by atoms with E-state index < -0.39 is 0 Å². The minimum atomic E-state index is -0.150. The van der Waals surface area contributed by atoms with Crippen LogP contribution in [0.5, 0.6) is 11.5 Å². The fourth-order valence-electron chi connectivity index (χ4n) is 3.85. The molecule has 0 radical (unpaired) electrons. The summed E-state index contributed by atoms with van der Waals surface area (Å²) < 4.78 is 11.0. The van der Waals surface area contributed by atoms with Crippen molar-refractivity contribution in [2.45, 2.75) is 25.4 Å². The predicted molar refractivity (Wildman–Crippen MR) is 99.8 cm³/mol. The lowest BCUT2D eigenvalue weighted by Crippen LogP contribution is -2.34. The second kappa shape index (κ2) is 7.31. The Morgan fingerprint density at radius 3 is 2.96 bits per heavy atom. The molecule has 1 fully saturated rings. The van der Waals surface area contributed by atoms with Crippen molar-refractivity contribution in [3.63, 3.8) is 0 Å². The van der Waals surface area contributed by atoms with Gasteiger partial charge in [-0.05, 0) is 42.2 Å². The van der Waals surface area contributed by atoms with E-state index in [1.54, 1.807) is 13.2 Å². The Kier molecular flexibility index (Phi) is 4.71. The van der Waals surface area contributed by atoms with E-state index in [2.05, 4.69) is 5.32 Å². The number of hydrogen-bond donors (Lipinski definition) is 1. The Labute approximate surface area is 158 Å². The van der Waals surface area contributed by atoms with Gasteiger partial charge in [-0.1, -0.05) is 24.3 Å². The van der Waals surface area contributed by atoms with E-state index >= 15 is 0 Å². The van der Waals surface area contributed by atoms with Crippen molar-refractivity contribution in [1.82, 2.24) is 10.2 Å². The van der Waals surface area contributed by atoms with Gasteiger partial charge < -0.3 is 19.7 Å². The highest BCUT2D eigenvalue weighted by Crippen LogP contribution is 2.34. The SMILES string of the molecule is COc1cccc(C2CCCN2C(=O)COc2cccc3c2C(=O)NC3)c1. The van der Waals surface area contributed by atoms with Crippen LogP contribution in [-0.4, -0.2) is 37.0 Å². The van der Waals surface area contributed by atoms with Crippen LogP contribution < -0.4 is 14.8 Å². The number of likely N-dealkylation sites (tertiary alicyclic amines) is 1. The van der Waals surface area contributed by atoms with E-state index in [4.69, 9.17) is 9.47 Å². The molecule has 0 bridgehead atoms. The molecular weight excluding hydrogens is 344 g/mol. The molecule has 2 heterocycles. The van der Waals surface area contributed by atoms with Crippen LogP contribution in [0.3, 0.4) is 0 Å². The molecule has 4 rings (SSSR count). The van der Waals surface area contributed by atoms with Crippen molar-refractivity contribution < 1.29 is 19.1 Å². The summed E-state index contributed by atoms with van der Waals surface area (Å²) in [6, 6.07) is 13.3. The van der Waals surface area contributed by atoms with Crippen molar-refractivity contribution in [3.05, 3.63) is 59.2 Å². The molecule has 1 unspecified atom stereocenters. The average molecular weight is 366 g/mol. The zero-order valence-electron chi connectivity index (χ0n) is 15.2. The van der Waals surface area contributed by atoms with Crippen LogP contribution in [0.1, 0.15) is 40.4 Å². The van der Waals surface area contributed by atoms with E-state index in [0.29, 0.717) is 24.4 Å². The van der Waals surface area contributed by atoms with Crippen LogP contribution in [0, 0.1) is 0 Å². The summed E-state index contributed by atoms with van der Waals surface area (Å²) in [6.45, 7) is 1.13. The molecule has 2 aromatic carbocycles. The molecule has 1 atom stereocenters. The standard InChI is InChI=1S/C21H22N2O4/c1-26-16-7-2-5-14(11-16)17-8-4-10-23(17)19(24)13-27-18-9-3-6-15-12-22-21(25)20(15)18/h2-3,5-7,9,11,17H,4,8,10,12-13H2,1H3,(H,22,25). The van der Waals surface area contributed by atoms with Gasteiger partial charge in [-0.3, -0.25) is 9.59 Å². The second-order valence-corrected chi connectivity index (χ2v) is 6.78. The Balaban J connectivity index is 1.47. The van der Waals surface area contributed by atoms with Gasteiger partial charge in [0.25, 0.3) is 11.8 Å². The van der Waals surface area contributed by atoms with Crippen molar-refractivity contribution >= 4 is 11.8 Å². The summed E-state index contributed by atoms with van der Waals surface area (Å²) in [5.41, 5.74) is 2.51. The van der Waals surface area contributed by atoms with Gasteiger partial charge in [0, 0.05) is 13.1 Å². The minimum Gasteiger partial charge on any atom is -0.497 e. The van der Waals surface area contributed by atoms with Crippen molar-refractivity contribution in [2.75, 3.05) is 20.3 Å². The molecule has 2 amide bonds. The summed E-state index contributed by atoms with van der Waals surface area (Å²) in [4.78, 5) is 26.7. The van der Waals surface area contributed by atoms with Gasteiger partial charge in [0.15, 0.2) is 6.61 Å². The van der Waals surface area contributed by atoms with E-state index in [1.807, 2.05) is 41.3 Å². The number of fused-ring (bicyclic) bond motifs is 1. The summed E-state index contributed by atoms with van der Waals surface area (Å²) in [5.74, 6) is 1.03. The van der Waals surface area contributed by atoms with E-state index in [-0.39, 0.29) is 24.5 Å². The second-order valence-electron chi connectivity index (χ2n) is 6.78. The topological polar surface area (TPSA) is 67.9 Å². The first kappa shape index (κ1) is 17.4. The molecule has 27 heavy (non-hydrogen) atoms. The Hall–Kier alpha value is -3.02. The molecule has 6 nitrogen and oxygen atoms in total. The number of ether oxygens (including phenoxy) is 2. The number of methoxy groups -OCH3 is 1. The molecule has 6 heteroatoms. The third kappa shape index (κ3) is 3.35. The summed E-state index contributed by atoms with van der Waals surface area (Å²) in [5, 5.41) is 2.78. The zero-order chi connectivity index (χ0) is 18.8. The maximum atomic E-state index is 12.8. The zero-order valence-corrected chi connectivity index (χ0v) is 15.2. The highest BCUT2D eigenvalue weighted by atomic mass is 16.5. The first-order valence-corrected chi connectivity index (χ1v) is 9.13. The number of carbonyl (C=O) groups is 2. The molecule has 140 valence electrons. The molecule has 0 aromatic heterocycles. The minimum absolute atomic E-state index is 0.0287. The Morgan fingerprint density at radius 2 is 2.11 bits per heavy atom. The van der Waals surface area contributed by atoms with Gasteiger partial charge in [-0.25, -0.2) is 0 Å². The number of carbonyl (C=O) groups excluding carboxylic acids is 2. The maximum Gasteiger partial charge on any atom is 0.261 e. The predicted octanol–water partition coefficient (Wildman–Crippen LogP) is 2.68. The molecule has 1 N–H and O–H groups in total. The lowest BCUT2D eigenvalue weighted by molar-refractivity contribution is -0.134. The molecule has 0 saturated carbocycles. The van der Waals surface area contributed by atoms with Crippen LogP contribution in [0.15, 0.2) is 42.5 Å². The van der Waals surface area contributed by atoms with Gasteiger partial charge in [-0.15, -0.1) is 0 Å². The molecule has 0 aliphatic carbocycles. The summed E-state index contributed by atoms with van der Waals surface area (Å²) >= 11 is 0. The molecule has 0 spiro atoms. The van der Waals surface area contributed by atoms with Crippen LogP contribution in [-0.2, 0) is 11.3 Å². The van der Waals surface area contributed by atoms with Gasteiger partial charge in [-0.2, -0.15) is 0 Å². The van der Waals surface area contributed by atoms with Crippen LogP contribution in [0.4, 0.5) is 0 Å². The van der Waals surface area contributed by atoms with Gasteiger partial charge in [0.05, 0.1) is 18.7 Å². The first-order valence-electron chi connectivity index (χ1n) is 9.13. The first-order chi connectivity index (χ1) is 13.2. The number of nitrogens with zero attached hydrogens (tertiary/aromatic N) is 1. The number of amides is 2. The van der Waals surface area contributed by atoms with Gasteiger partial charge in [0.1, 0.15) is 11.5 Å². The van der Waals surface area contributed by atoms with E-state index in [0.717, 1.165) is 29.7 Å². The normalized spacial score (nSPS) is 18.2.